The molecule has 0 fully saturated rings. The highest BCUT2D eigenvalue weighted by molar-refractivity contribution is 5.48. The number of ether oxygens (including phenoxy) is 1. The van der Waals surface area contributed by atoms with Gasteiger partial charge < -0.3 is 20.3 Å². The van der Waals surface area contributed by atoms with Gasteiger partial charge in [0.25, 0.3) is 0 Å². The van der Waals surface area contributed by atoms with Gasteiger partial charge in [-0.25, -0.2) is 0 Å². The molecule has 0 heterocycles. The Morgan fingerprint density at radius 2 is 1.86 bits per heavy atom. The normalized spacial score (nSPS) is 10.2. The van der Waals surface area contributed by atoms with Crippen molar-refractivity contribution >= 4 is 6.41 Å². The summed E-state index contributed by atoms with van der Waals surface area (Å²) in [7, 11) is 0. The number of rotatable bonds is 8. The zero-order valence-electron chi connectivity index (χ0n) is 12.2. The Bertz CT molecular complexity index is 611. The number of carbonyl (C=O) groups is 1. The number of amides is 1. The number of phenols is 1. The molecule has 5 nitrogen and oxygen atoms in total. The highest BCUT2D eigenvalue weighted by atomic mass is 16.6. The Morgan fingerprint density at radius 3 is 2.55 bits per heavy atom. The first kappa shape index (κ1) is 15.9. The summed E-state index contributed by atoms with van der Waals surface area (Å²) in [4.78, 5) is 10.5. The molecular formula is C17H19NO4. The quantitative estimate of drug-likeness (QED) is 0.513. The van der Waals surface area contributed by atoms with Crippen LogP contribution in [-0.2, 0) is 24.2 Å². The van der Waals surface area contributed by atoms with E-state index in [0.29, 0.717) is 25.1 Å². The second-order valence-electron chi connectivity index (χ2n) is 4.83. The number of aliphatic hydroxyl groups excluding tert-OH is 1. The number of hydrogen-bond donors (Lipinski definition) is 3. The third kappa shape index (κ3) is 4.23. The van der Waals surface area contributed by atoms with Gasteiger partial charge in [-0.05, 0) is 47.7 Å². The number of carbonyl (C=O) groups excluding carboxylic acids is 1. The molecule has 0 aliphatic heterocycles. The van der Waals surface area contributed by atoms with Crippen molar-refractivity contribution in [3.05, 3.63) is 59.2 Å². The van der Waals surface area contributed by atoms with Gasteiger partial charge in [0.05, 0.1) is 0 Å². The third-order valence-electron chi connectivity index (χ3n) is 3.43. The molecule has 116 valence electrons. The molecule has 0 aliphatic rings. The zero-order chi connectivity index (χ0) is 15.8. The molecule has 0 bridgehead atoms. The van der Waals surface area contributed by atoms with Crippen LogP contribution in [0, 0.1) is 0 Å². The molecule has 0 saturated carbocycles. The average Bonchev–Trinajstić information content (AvgIpc) is 2.54. The predicted molar refractivity (Wildman–Crippen MR) is 82.6 cm³/mol. The number of nitrogens with one attached hydrogen (secondary N) is 1. The minimum absolute atomic E-state index is 0.239. The Balaban J connectivity index is 2.18. The van der Waals surface area contributed by atoms with E-state index in [9.17, 15) is 9.90 Å². The van der Waals surface area contributed by atoms with Gasteiger partial charge >= 0.3 is 0 Å². The summed E-state index contributed by atoms with van der Waals surface area (Å²) in [5, 5.41) is 21.0. The van der Waals surface area contributed by atoms with Crippen LogP contribution in [0.25, 0.3) is 0 Å². The predicted octanol–water partition coefficient (Wildman–Crippen LogP) is 1.75. The number of aliphatic hydroxyl groups is 1. The van der Waals surface area contributed by atoms with E-state index >= 15 is 0 Å². The monoisotopic (exact) mass is 301 g/mol. The molecule has 2 aromatic rings. The summed E-state index contributed by atoms with van der Waals surface area (Å²) in [5.41, 5.74) is 3.00. The van der Waals surface area contributed by atoms with E-state index in [-0.39, 0.29) is 5.75 Å². The maximum absolute atomic E-state index is 10.5. The Labute approximate surface area is 129 Å². The first-order valence-electron chi connectivity index (χ1n) is 7.04. The van der Waals surface area contributed by atoms with E-state index in [4.69, 9.17) is 9.84 Å². The van der Waals surface area contributed by atoms with Gasteiger partial charge in [0.2, 0.25) is 6.41 Å². The molecule has 0 saturated heterocycles. The van der Waals surface area contributed by atoms with Crippen LogP contribution in [0.3, 0.4) is 0 Å². The molecule has 0 aliphatic carbocycles. The van der Waals surface area contributed by atoms with Gasteiger partial charge in [-0.15, -0.1) is 0 Å². The van der Waals surface area contributed by atoms with Crippen molar-refractivity contribution < 1.29 is 19.7 Å². The van der Waals surface area contributed by atoms with Crippen LogP contribution in [-0.4, -0.2) is 23.4 Å². The molecule has 1 amide bonds. The lowest BCUT2D eigenvalue weighted by Crippen LogP contribution is -2.13. The van der Waals surface area contributed by atoms with E-state index in [1.807, 2.05) is 24.3 Å². The summed E-state index contributed by atoms with van der Waals surface area (Å²) >= 11 is 0. The van der Waals surface area contributed by atoms with E-state index < -0.39 is 6.79 Å². The van der Waals surface area contributed by atoms with Gasteiger partial charge in [-0.2, -0.15) is 0 Å². The highest BCUT2D eigenvalue weighted by Gasteiger charge is 2.10. The summed E-state index contributed by atoms with van der Waals surface area (Å²) in [6.45, 7) is 0.0216. The van der Waals surface area contributed by atoms with Crippen LogP contribution < -0.4 is 10.1 Å². The molecule has 0 radical (unpaired) electrons. The van der Waals surface area contributed by atoms with Crippen LogP contribution in [0.15, 0.2) is 42.5 Å². The first-order chi connectivity index (χ1) is 10.7. The van der Waals surface area contributed by atoms with Gasteiger partial charge in [-0.3, -0.25) is 4.79 Å². The summed E-state index contributed by atoms with van der Waals surface area (Å²) in [6, 6.07) is 12.6. The van der Waals surface area contributed by atoms with Crippen molar-refractivity contribution in [2.24, 2.45) is 0 Å². The summed E-state index contributed by atoms with van der Waals surface area (Å²) in [6.07, 6.45) is 2.13. The Hall–Kier alpha value is -2.53. The molecular weight excluding hydrogens is 282 g/mol. The number of hydrogen-bond acceptors (Lipinski definition) is 4. The van der Waals surface area contributed by atoms with Gasteiger partial charge in [0.1, 0.15) is 11.5 Å². The molecule has 5 heteroatoms. The van der Waals surface area contributed by atoms with Crippen molar-refractivity contribution in [2.45, 2.75) is 19.4 Å². The van der Waals surface area contributed by atoms with Crippen molar-refractivity contribution in [3.8, 4) is 11.5 Å². The van der Waals surface area contributed by atoms with Crippen LogP contribution in [0.1, 0.15) is 16.7 Å². The maximum atomic E-state index is 10.5. The van der Waals surface area contributed by atoms with E-state index in [1.165, 1.54) is 0 Å². The topological polar surface area (TPSA) is 78.8 Å². The van der Waals surface area contributed by atoms with Gasteiger partial charge in [-0.1, -0.05) is 24.3 Å². The number of benzene rings is 2. The Kier molecular flexibility index (Phi) is 5.80. The van der Waals surface area contributed by atoms with Crippen LogP contribution >= 0.6 is 0 Å². The molecule has 22 heavy (non-hydrogen) atoms. The van der Waals surface area contributed by atoms with Gasteiger partial charge in [0, 0.05) is 6.54 Å². The molecule has 0 aromatic heterocycles. The lowest BCUT2D eigenvalue weighted by Gasteiger charge is -2.14. The lowest BCUT2D eigenvalue weighted by atomic mass is 9.98. The Morgan fingerprint density at radius 1 is 1.09 bits per heavy atom. The smallest absolute Gasteiger partial charge is 0.207 e. The summed E-state index contributed by atoms with van der Waals surface area (Å²) in [5.74, 6) is 0.857. The maximum Gasteiger partial charge on any atom is 0.207 e. The van der Waals surface area contributed by atoms with E-state index in [1.54, 1.807) is 18.2 Å². The average molecular weight is 301 g/mol. The van der Waals surface area contributed by atoms with E-state index in [0.717, 1.165) is 23.1 Å². The van der Waals surface area contributed by atoms with Crippen LogP contribution in [0.5, 0.6) is 11.5 Å². The summed E-state index contributed by atoms with van der Waals surface area (Å²) < 4.78 is 5.26. The van der Waals surface area contributed by atoms with Crippen molar-refractivity contribution in [1.82, 2.24) is 5.32 Å². The lowest BCUT2D eigenvalue weighted by molar-refractivity contribution is -0.109. The fourth-order valence-electron chi connectivity index (χ4n) is 2.35. The fraction of sp³-hybridized carbons (Fsp3) is 0.235. The first-order valence-corrected chi connectivity index (χ1v) is 7.04. The zero-order valence-corrected chi connectivity index (χ0v) is 12.2. The second kappa shape index (κ2) is 8.05. The molecule has 3 N–H and O–H groups in total. The molecule has 2 aromatic carbocycles. The van der Waals surface area contributed by atoms with Crippen molar-refractivity contribution in [3.63, 3.8) is 0 Å². The highest BCUT2D eigenvalue weighted by Crippen LogP contribution is 2.25. The number of aromatic hydroxyl groups is 1. The number of aryl methyl sites for hydroxylation is 1. The molecule has 0 spiro atoms. The SMILES string of the molecule is O=CNCc1cccc(OCO)c1CCc1ccc(O)cc1. The fourth-order valence-corrected chi connectivity index (χ4v) is 2.35. The second-order valence-corrected chi connectivity index (χ2v) is 4.83. The largest absolute Gasteiger partial charge is 0.508 e. The molecule has 0 atom stereocenters. The van der Waals surface area contributed by atoms with Crippen molar-refractivity contribution in [1.29, 1.82) is 0 Å². The molecule has 2 rings (SSSR count). The van der Waals surface area contributed by atoms with E-state index in [2.05, 4.69) is 5.32 Å². The third-order valence-corrected chi connectivity index (χ3v) is 3.43. The van der Waals surface area contributed by atoms with Gasteiger partial charge in [0.15, 0.2) is 6.79 Å². The standard InChI is InChI=1S/C17H19NO4/c19-11-18-10-14-2-1-3-17(22-12-20)16(14)9-6-13-4-7-15(21)8-5-13/h1-5,7-8,11,20-21H,6,9-10,12H2,(H,18,19). The number of phenolic OH excluding ortho intramolecular Hbond substituents is 1. The minimum atomic E-state index is -0.392. The molecule has 0 unspecified atom stereocenters. The van der Waals surface area contributed by atoms with Crippen LogP contribution in [0.2, 0.25) is 0 Å². The minimum Gasteiger partial charge on any atom is -0.508 e. The van der Waals surface area contributed by atoms with Crippen LogP contribution in [0.4, 0.5) is 0 Å². The van der Waals surface area contributed by atoms with Crippen molar-refractivity contribution in [2.75, 3.05) is 6.79 Å².